The molecule has 0 aliphatic carbocycles. The Morgan fingerprint density at radius 3 is 2.09 bits per heavy atom. The number of aromatic nitrogens is 2. The summed E-state index contributed by atoms with van der Waals surface area (Å²) in [5.74, 6) is 0. The van der Waals surface area contributed by atoms with E-state index in [-0.39, 0.29) is 0 Å². The smallest absolute Gasteiger partial charge is 0.103 e. The number of rotatable bonds is 4. The minimum atomic E-state index is -1.11. The second-order valence-corrected chi connectivity index (χ2v) is 6.82. The van der Waals surface area contributed by atoms with E-state index in [9.17, 15) is 10.2 Å². The highest BCUT2D eigenvalue weighted by molar-refractivity contribution is 5.49. The molecule has 0 radical (unpaired) electrons. The lowest BCUT2D eigenvalue weighted by Gasteiger charge is -2.20. The molecule has 2 heterocycles. The van der Waals surface area contributed by atoms with Crippen LogP contribution >= 0.6 is 0 Å². The summed E-state index contributed by atoms with van der Waals surface area (Å²) in [5.41, 5.74) is 13.1. The summed E-state index contributed by atoms with van der Waals surface area (Å²) >= 11 is 0. The van der Waals surface area contributed by atoms with E-state index in [0.29, 0.717) is 29.2 Å². The molecule has 0 saturated heterocycles. The summed E-state index contributed by atoms with van der Waals surface area (Å²) in [6, 6.07) is 5.32. The van der Waals surface area contributed by atoms with E-state index in [1.165, 1.54) is 0 Å². The molecular formula is C17H24N4O2. The highest BCUT2D eigenvalue weighted by atomic mass is 16.3. The number of nitrogens with zero attached hydrogens (tertiary/aromatic N) is 2. The van der Waals surface area contributed by atoms with E-state index in [0.717, 1.165) is 11.3 Å². The average Bonchev–Trinajstić information content (AvgIpc) is 2.38. The van der Waals surface area contributed by atoms with Gasteiger partial charge in [-0.25, -0.2) is 0 Å². The molecule has 0 saturated carbocycles. The molecule has 6 heteroatoms. The van der Waals surface area contributed by atoms with E-state index >= 15 is 0 Å². The summed E-state index contributed by atoms with van der Waals surface area (Å²) in [6.07, 6.45) is 2.18. The zero-order valence-electron chi connectivity index (χ0n) is 14.0. The van der Waals surface area contributed by atoms with Crippen molar-refractivity contribution in [3.63, 3.8) is 0 Å². The fourth-order valence-electron chi connectivity index (χ4n) is 2.44. The predicted octanol–water partition coefficient (Wildman–Crippen LogP) is 1.69. The van der Waals surface area contributed by atoms with Gasteiger partial charge in [-0.1, -0.05) is 0 Å². The van der Waals surface area contributed by atoms with Crippen molar-refractivity contribution in [2.24, 2.45) is 0 Å². The van der Waals surface area contributed by atoms with Crippen molar-refractivity contribution in [3.05, 3.63) is 47.0 Å². The van der Waals surface area contributed by atoms with E-state index in [2.05, 4.69) is 9.97 Å². The van der Waals surface area contributed by atoms with Gasteiger partial charge in [-0.15, -0.1) is 0 Å². The average molecular weight is 316 g/mol. The Kier molecular flexibility index (Phi) is 4.32. The third-order valence-electron chi connectivity index (χ3n) is 3.50. The van der Waals surface area contributed by atoms with Gasteiger partial charge in [0.1, 0.15) is 11.2 Å². The molecule has 0 spiro atoms. The van der Waals surface area contributed by atoms with Crippen LogP contribution in [0.4, 0.5) is 11.4 Å². The Morgan fingerprint density at radius 2 is 1.57 bits per heavy atom. The van der Waals surface area contributed by atoms with Crippen molar-refractivity contribution in [3.8, 4) is 0 Å². The number of hydrogen-bond acceptors (Lipinski definition) is 6. The molecule has 0 amide bonds. The number of nitrogens with two attached hydrogens (primary N) is 2. The molecule has 0 bridgehead atoms. The highest BCUT2D eigenvalue weighted by Crippen LogP contribution is 2.26. The van der Waals surface area contributed by atoms with Crippen molar-refractivity contribution in [1.82, 2.24) is 9.97 Å². The van der Waals surface area contributed by atoms with Crippen LogP contribution in [-0.2, 0) is 17.6 Å². The van der Waals surface area contributed by atoms with Crippen LogP contribution in [-0.4, -0.2) is 20.2 Å². The standard InChI is InChI=1S/C17H24N4O2/c1-16(2,22)14-13(19)8-10(9-20-14)7-11-5-6-12(18)15(21-11)17(3,4)23/h5-6,8-9,22-23H,7,18-19H2,1-4H3. The SMILES string of the molecule is CC(C)(O)c1ncc(Cc2ccc(N)c(C(C)(C)O)n2)cc1N. The molecule has 0 fully saturated rings. The maximum atomic E-state index is 10.1. The van der Waals surface area contributed by atoms with Gasteiger partial charge in [-0.05, 0) is 51.5 Å². The Bertz CT molecular complexity index is 716. The summed E-state index contributed by atoms with van der Waals surface area (Å²) in [4.78, 5) is 8.70. The Morgan fingerprint density at radius 1 is 0.957 bits per heavy atom. The lowest BCUT2D eigenvalue weighted by molar-refractivity contribution is 0.0739. The van der Waals surface area contributed by atoms with Gasteiger partial charge < -0.3 is 21.7 Å². The molecule has 2 aromatic heterocycles. The van der Waals surface area contributed by atoms with Crippen LogP contribution in [0, 0.1) is 0 Å². The van der Waals surface area contributed by atoms with Crippen LogP contribution in [0.25, 0.3) is 0 Å². The maximum absolute atomic E-state index is 10.1. The largest absolute Gasteiger partial charge is 0.397 e. The normalized spacial score (nSPS) is 12.4. The van der Waals surface area contributed by atoms with Gasteiger partial charge in [0.15, 0.2) is 0 Å². The van der Waals surface area contributed by atoms with Crippen molar-refractivity contribution in [2.75, 3.05) is 11.5 Å². The second-order valence-electron chi connectivity index (χ2n) is 6.82. The van der Waals surface area contributed by atoms with E-state index in [4.69, 9.17) is 11.5 Å². The Balaban J connectivity index is 2.32. The minimum absolute atomic E-state index is 0.438. The predicted molar refractivity (Wildman–Crippen MR) is 90.6 cm³/mol. The third kappa shape index (κ3) is 3.97. The summed E-state index contributed by atoms with van der Waals surface area (Å²) in [6.45, 7) is 6.57. The lowest BCUT2D eigenvalue weighted by Crippen LogP contribution is -2.21. The first kappa shape index (κ1) is 17.2. The molecule has 124 valence electrons. The van der Waals surface area contributed by atoms with Crippen LogP contribution in [0.3, 0.4) is 0 Å². The summed E-state index contributed by atoms with van der Waals surface area (Å²) < 4.78 is 0. The highest BCUT2D eigenvalue weighted by Gasteiger charge is 2.22. The van der Waals surface area contributed by atoms with Gasteiger partial charge >= 0.3 is 0 Å². The number of pyridine rings is 2. The second kappa shape index (κ2) is 5.79. The van der Waals surface area contributed by atoms with Crippen LogP contribution in [0.1, 0.15) is 50.3 Å². The third-order valence-corrected chi connectivity index (χ3v) is 3.50. The molecule has 0 aromatic carbocycles. The van der Waals surface area contributed by atoms with Gasteiger partial charge in [0.2, 0.25) is 0 Å². The molecule has 0 unspecified atom stereocenters. The van der Waals surface area contributed by atoms with E-state index < -0.39 is 11.2 Å². The minimum Gasteiger partial charge on any atom is -0.397 e. The number of nitrogen functional groups attached to an aromatic ring is 2. The summed E-state index contributed by atoms with van der Waals surface area (Å²) in [5, 5.41) is 20.1. The monoisotopic (exact) mass is 316 g/mol. The molecule has 2 rings (SSSR count). The van der Waals surface area contributed by atoms with Crippen molar-refractivity contribution < 1.29 is 10.2 Å². The van der Waals surface area contributed by atoms with E-state index in [1.54, 1.807) is 46.0 Å². The molecule has 0 atom stereocenters. The summed E-state index contributed by atoms with van der Waals surface area (Å²) in [7, 11) is 0. The van der Waals surface area contributed by atoms with Gasteiger partial charge in [0.05, 0.1) is 22.8 Å². The Labute approximate surface area is 136 Å². The van der Waals surface area contributed by atoms with Crippen LogP contribution in [0.15, 0.2) is 24.4 Å². The number of anilines is 2. The van der Waals surface area contributed by atoms with Gasteiger partial charge in [-0.2, -0.15) is 0 Å². The molecule has 0 aliphatic rings. The van der Waals surface area contributed by atoms with Gasteiger partial charge in [-0.3, -0.25) is 9.97 Å². The lowest BCUT2D eigenvalue weighted by atomic mass is 10.00. The fraction of sp³-hybridized carbons (Fsp3) is 0.412. The maximum Gasteiger partial charge on any atom is 0.103 e. The first-order valence-corrected chi connectivity index (χ1v) is 7.44. The van der Waals surface area contributed by atoms with Crippen LogP contribution in [0.5, 0.6) is 0 Å². The molecule has 6 N–H and O–H groups in total. The molecule has 2 aromatic rings. The van der Waals surface area contributed by atoms with Crippen molar-refractivity contribution >= 4 is 11.4 Å². The topological polar surface area (TPSA) is 118 Å². The van der Waals surface area contributed by atoms with Gasteiger partial charge in [0, 0.05) is 18.3 Å². The quantitative estimate of drug-likeness (QED) is 0.681. The molecular weight excluding hydrogens is 292 g/mol. The first-order chi connectivity index (χ1) is 10.5. The zero-order chi connectivity index (χ0) is 17.4. The molecule has 23 heavy (non-hydrogen) atoms. The van der Waals surface area contributed by atoms with Gasteiger partial charge in [0.25, 0.3) is 0 Å². The Hall–Kier alpha value is -2.18. The zero-order valence-corrected chi connectivity index (χ0v) is 14.0. The van der Waals surface area contributed by atoms with Crippen LogP contribution in [0.2, 0.25) is 0 Å². The van der Waals surface area contributed by atoms with Crippen molar-refractivity contribution in [1.29, 1.82) is 0 Å². The molecule has 6 nitrogen and oxygen atoms in total. The fourth-order valence-corrected chi connectivity index (χ4v) is 2.44. The number of aliphatic hydroxyl groups is 2. The first-order valence-electron chi connectivity index (χ1n) is 7.44. The van der Waals surface area contributed by atoms with Crippen molar-refractivity contribution in [2.45, 2.75) is 45.3 Å². The molecule has 0 aliphatic heterocycles. The van der Waals surface area contributed by atoms with Crippen LogP contribution < -0.4 is 11.5 Å². The number of hydrogen-bond donors (Lipinski definition) is 4. The van der Waals surface area contributed by atoms with E-state index in [1.807, 2.05) is 6.07 Å².